The lowest BCUT2D eigenvalue weighted by molar-refractivity contribution is 0.248. The highest BCUT2D eigenvalue weighted by molar-refractivity contribution is 6.31. The molecule has 1 saturated heterocycles. The third-order valence-corrected chi connectivity index (χ3v) is 7.21. The number of anilines is 1. The first-order chi connectivity index (χ1) is 16.8. The van der Waals surface area contributed by atoms with E-state index in [0.717, 1.165) is 47.9 Å². The van der Waals surface area contributed by atoms with Crippen LogP contribution in [0.4, 0.5) is 5.95 Å². The molecular weight excluding hydrogens is 487 g/mol. The lowest BCUT2D eigenvalue weighted by Crippen LogP contribution is -2.47. The Morgan fingerprint density at radius 2 is 1.54 bits per heavy atom. The molecule has 0 bridgehead atoms. The third kappa shape index (κ3) is 4.49. The van der Waals surface area contributed by atoms with E-state index in [9.17, 15) is 9.59 Å². The molecule has 0 radical (unpaired) electrons. The average molecular weight is 513 g/mol. The van der Waals surface area contributed by atoms with Gasteiger partial charge in [-0.05, 0) is 29.3 Å². The molecule has 1 fully saturated rings. The van der Waals surface area contributed by atoms with Crippen LogP contribution in [0.1, 0.15) is 11.1 Å². The minimum absolute atomic E-state index is 0.365. The Morgan fingerprint density at radius 3 is 2.23 bits per heavy atom. The molecule has 0 unspecified atom stereocenters. The monoisotopic (exact) mass is 512 g/mol. The first kappa shape index (κ1) is 23.7. The topological polar surface area (TPSA) is 68.3 Å². The number of hydrogen-bond donors (Lipinski definition) is 0. The van der Waals surface area contributed by atoms with Gasteiger partial charge in [-0.2, -0.15) is 4.98 Å². The maximum atomic E-state index is 13.2. The number of benzene rings is 2. The molecule has 0 N–H and O–H groups in total. The van der Waals surface area contributed by atoms with E-state index in [1.807, 2.05) is 53.1 Å². The summed E-state index contributed by atoms with van der Waals surface area (Å²) < 4.78 is 4.45. The Hall–Kier alpha value is -3.07. The van der Waals surface area contributed by atoms with Gasteiger partial charge in [0.1, 0.15) is 0 Å². The zero-order valence-electron chi connectivity index (χ0n) is 19.6. The van der Waals surface area contributed by atoms with Gasteiger partial charge in [0.05, 0.1) is 6.54 Å². The van der Waals surface area contributed by atoms with Crippen molar-refractivity contribution >= 4 is 40.3 Å². The fourth-order valence-electron chi connectivity index (χ4n) is 4.58. The van der Waals surface area contributed by atoms with Gasteiger partial charge in [-0.25, -0.2) is 4.79 Å². The van der Waals surface area contributed by atoms with E-state index in [-0.39, 0.29) is 5.56 Å². The van der Waals surface area contributed by atoms with Crippen molar-refractivity contribution in [1.82, 2.24) is 23.6 Å². The van der Waals surface area contributed by atoms with E-state index in [1.165, 1.54) is 17.2 Å². The van der Waals surface area contributed by atoms with Gasteiger partial charge >= 0.3 is 5.69 Å². The molecule has 4 aromatic rings. The van der Waals surface area contributed by atoms with Crippen LogP contribution < -0.4 is 16.1 Å². The maximum Gasteiger partial charge on any atom is 0.332 e. The third-order valence-electron chi connectivity index (χ3n) is 6.59. The Labute approximate surface area is 212 Å². The van der Waals surface area contributed by atoms with E-state index in [4.69, 9.17) is 28.2 Å². The lowest BCUT2D eigenvalue weighted by Gasteiger charge is -2.35. The van der Waals surface area contributed by atoms with Crippen LogP contribution in [-0.2, 0) is 27.2 Å². The first-order valence-electron chi connectivity index (χ1n) is 11.4. The second-order valence-electron chi connectivity index (χ2n) is 8.86. The van der Waals surface area contributed by atoms with Crippen LogP contribution in [0.3, 0.4) is 0 Å². The van der Waals surface area contributed by atoms with Crippen molar-refractivity contribution in [2.24, 2.45) is 14.1 Å². The summed E-state index contributed by atoms with van der Waals surface area (Å²) in [6.07, 6.45) is 0. The first-order valence-corrected chi connectivity index (χ1v) is 12.2. The largest absolute Gasteiger partial charge is 0.340 e. The molecule has 1 aliphatic rings. The molecule has 2 aromatic heterocycles. The average Bonchev–Trinajstić information content (AvgIpc) is 3.24. The van der Waals surface area contributed by atoms with Crippen molar-refractivity contribution < 1.29 is 0 Å². The van der Waals surface area contributed by atoms with E-state index in [1.54, 1.807) is 7.05 Å². The summed E-state index contributed by atoms with van der Waals surface area (Å²) in [6, 6.07) is 15.5. The highest BCUT2D eigenvalue weighted by Crippen LogP contribution is 2.25. The van der Waals surface area contributed by atoms with E-state index in [2.05, 4.69) is 9.80 Å². The molecule has 0 amide bonds. The van der Waals surface area contributed by atoms with Gasteiger partial charge in [0.25, 0.3) is 5.56 Å². The Balaban J connectivity index is 1.50. The standard InChI is InChI=1S/C25H26Cl2N6O2/c1-29-22-21(23(34)30(2)25(29)35)33(16-18-5-3-4-6-20(18)27)24(28-22)32-13-11-31(12-14-32)15-17-7-9-19(26)10-8-17/h3-10H,11-16H2,1-2H3. The molecule has 5 rings (SSSR count). The molecule has 3 heterocycles. The van der Waals surface area contributed by atoms with Crippen LogP contribution in [0.5, 0.6) is 0 Å². The summed E-state index contributed by atoms with van der Waals surface area (Å²) in [4.78, 5) is 35.1. The van der Waals surface area contributed by atoms with E-state index in [0.29, 0.717) is 28.7 Å². The van der Waals surface area contributed by atoms with Crippen LogP contribution in [0.15, 0.2) is 58.1 Å². The normalized spacial score (nSPS) is 14.7. The summed E-state index contributed by atoms with van der Waals surface area (Å²) in [7, 11) is 3.14. The number of imidazole rings is 1. The van der Waals surface area contributed by atoms with Gasteiger partial charge in [0, 0.05) is 56.9 Å². The van der Waals surface area contributed by atoms with Gasteiger partial charge < -0.3 is 4.90 Å². The van der Waals surface area contributed by atoms with Gasteiger partial charge in [-0.3, -0.25) is 23.4 Å². The van der Waals surface area contributed by atoms with Crippen molar-refractivity contribution in [2.75, 3.05) is 31.1 Å². The number of hydrogen-bond acceptors (Lipinski definition) is 5. The highest BCUT2D eigenvalue weighted by atomic mass is 35.5. The summed E-state index contributed by atoms with van der Waals surface area (Å²) in [5, 5.41) is 1.35. The maximum absolute atomic E-state index is 13.2. The van der Waals surface area contributed by atoms with Crippen molar-refractivity contribution in [3.8, 4) is 0 Å². The number of aromatic nitrogens is 4. The summed E-state index contributed by atoms with van der Waals surface area (Å²) >= 11 is 12.5. The molecule has 0 saturated carbocycles. The van der Waals surface area contributed by atoms with Crippen LogP contribution in [0, 0.1) is 0 Å². The van der Waals surface area contributed by atoms with Gasteiger partial charge in [-0.15, -0.1) is 0 Å². The molecule has 8 nitrogen and oxygen atoms in total. The number of aryl methyl sites for hydroxylation is 1. The van der Waals surface area contributed by atoms with Crippen LogP contribution >= 0.6 is 23.2 Å². The molecule has 10 heteroatoms. The lowest BCUT2D eigenvalue weighted by atomic mass is 10.2. The number of piperazine rings is 1. The second-order valence-corrected chi connectivity index (χ2v) is 9.70. The van der Waals surface area contributed by atoms with Crippen LogP contribution in [0.2, 0.25) is 10.0 Å². The Morgan fingerprint density at radius 1 is 0.857 bits per heavy atom. The fourth-order valence-corrected chi connectivity index (χ4v) is 4.90. The van der Waals surface area contributed by atoms with Gasteiger partial charge in [-0.1, -0.05) is 53.5 Å². The molecule has 1 aliphatic heterocycles. The van der Waals surface area contributed by atoms with E-state index >= 15 is 0 Å². The summed E-state index contributed by atoms with van der Waals surface area (Å²) in [6.45, 7) is 4.39. The second kappa shape index (κ2) is 9.53. The minimum atomic E-state index is -0.399. The summed E-state index contributed by atoms with van der Waals surface area (Å²) in [5.41, 5.74) is 2.11. The van der Waals surface area contributed by atoms with Crippen LogP contribution in [-0.4, -0.2) is 49.8 Å². The zero-order chi connectivity index (χ0) is 24.7. The number of rotatable bonds is 5. The summed E-state index contributed by atoms with van der Waals surface area (Å²) in [5.74, 6) is 0.671. The number of nitrogens with zero attached hydrogens (tertiary/aromatic N) is 6. The molecule has 0 atom stereocenters. The SMILES string of the molecule is Cn1c(=O)c2c(nc(N3CCN(Cc4ccc(Cl)cc4)CC3)n2Cc2ccccc2Cl)n(C)c1=O. The van der Waals surface area contributed by atoms with Crippen molar-refractivity contribution in [1.29, 1.82) is 0 Å². The van der Waals surface area contributed by atoms with Crippen LogP contribution in [0.25, 0.3) is 11.2 Å². The molecule has 0 spiro atoms. The highest BCUT2D eigenvalue weighted by Gasteiger charge is 2.26. The number of fused-ring (bicyclic) bond motifs is 1. The Kier molecular flexibility index (Phi) is 6.44. The minimum Gasteiger partial charge on any atom is -0.340 e. The predicted molar refractivity (Wildman–Crippen MR) is 140 cm³/mol. The van der Waals surface area contributed by atoms with Gasteiger partial charge in [0.15, 0.2) is 11.2 Å². The van der Waals surface area contributed by atoms with Crippen molar-refractivity contribution in [3.63, 3.8) is 0 Å². The smallest absolute Gasteiger partial charge is 0.332 e. The molecular formula is C25H26Cl2N6O2. The zero-order valence-corrected chi connectivity index (χ0v) is 21.1. The molecule has 0 aliphatic carbocycles. The predicted octanol–water partition coefficient (Wildman–Crippen LogP) is 3.11. The molecule has 2 aromatic carbocycles. The van der Waals surface area contributed by atoms with Crippen molar-refractivity contribution in [2.45, 2.75) is 13.1 Å². The van der Waals surface area contributed by atoms with Gasteiger partial charge in [0.2, 0.25) is 5.95 Å². The fraction of sp³-hybridized carbons (Fsp3) is 0.320. The molecule has 182 valence electrons. The molecule has 35 heavy (non-hydrogen) atoms. The Bertz CT molecular complexity index is 1500. The number of halogens is 2. The quantitative estimate of drug-likeness (QED) is 0.411. The van der Waals surface area contributed by atoms with E-state index < -0.39 is 5.69 Å². The van der Waals surface area contributed by atoms with Crippen molar-refractivity contribution in [3.05, 3.63) is 90.5 Å².